The Kier molecular flexibility index (Phi) is 5.56. The molecule has 2 aliphatic rings. The molecule has 0 saturated carbocycles. The van der Waals surface area contributed by atoms with Crippen LogP contribution >= 0.6 is 11.8 Å². The zero-order valence-electron chi connectivity index (χ0n) is 9.01. The Hall–Kier alpha value is -0.657. The smallest absolute Gasteiger partial charge is 1.00 e. The first-order valence-electron chi connectivity index (χ1n) is 4.86. The van der Waals surface area contributed by atoms with E-state index in [1.165, 1.54) is 17.8 Å². The zero-order chi connectivity index (χ0) is 11.0. The molecule has 0 N–H and O–H groups in total. The van der Waals surface area contributed by atoms with E-state index in [-0.39, 0.29) is 39.5 Å². The first-order valence-corrected chi connectivity index (χ1v) is 5.68. The van der Waals surface area contributed by atoms with Crippen LogP contribution in [0.2, 0.25) is 0 Å². The zero-order valence-corrected chi connectivity index (χ0v) is 12.3. The number of halogens is 2. The molecule has 2 heterocycles. The summed E-state index contributed by atoms with van der Waals surface area (Å²) < 4.78 is 13.5. The molecule has 18 heavy (non-hydrogen) atoms. The Morgan fingerprint density at radius 3 is 2.83 bits per heavy atom. The van der Waals surface area contributed by atoms with Crippen molar-refractivity contribution in [3.8, 4) is 0 Å². The molecule has 1 nitrogen and oxygen atoms in total. The van der Waals surface area contributed by atoms with E-state index >= 15 is 0 Å². The fraction of sp³-hybridized carbons (Fsp3) is 0. The van der Waals surface area contributed by atoms with Crippen LogP contribution in [0.3, 0.4) is 0 Å². The Morgan fingerprint density at radius 1 is 1.33 bits per heavy atom. The molecule has 2 radical (unpaired) electrons. The van der Waals surface area contributed by atoms with Gasteiger partial charge < -0.3 is 12.4 Å². The second-order valence-electron chi connectivity index (χ2n) is 3.38. The molecule has 0 amide bonds. The third kappa shape index (κ3) is 2.84. The van der Waals surface area contributed by atoms with Gasteiger partial charge in [0.15, 0.2) is 0 Å². The average Bonchev–Trinajstić information content (AvgIpc) is 2.76. The van der Waals surface area contributed by atoms with Crippen molar-refractivity contribution in [1.82, 2.24) is 4.98 Å². The molecule has 1 aromatic heterocycles. The second kappa shape index (κ2) is 6.49. The van der Waals surface area contributed by atoms with Gasteiger partial charge in [-0.05, 0) is 24.3 Å². The van der Waals surface area contributed by atoms with Crippen LogP contribution in [0, 0.1) is 6.17 Å². The predicted octanol–water partition coefficient (Wildman–Crippen LogP) is 0.897. The van der Waals surface area contributed by atoms with Crippen LogP contribution in [0.5, 0.6) is 0 Å². The molecule has 3 rings (SSSR count). The van der Waals surface area contributed by atoms with E-state index in [1.807, 2.05) is 24.3 Å². The van der Waals surface area contributed by atoms with Crippen molar-refractivity contribution in [2.24, 2.45) is 0 Å². The van der Waals surface area contributed by atoms with Gasteiger partial charge in [-0.15, -0.1) is 0 Å². The van der Waals surface area contributed by atoms with Crippen molar-refractivity contribution in [2.75, 3.05) is 0 Å². The number of rotatable bonds is 1. The van der Waals surface area contributed by atoms with Crippen LogP contribution < -0.4 is 12.4 Å². The third-order valence-corrected chi connectivity index (χ3v) is 3.40. The van der Waals surface area contributed by atoms with Crippen LogP contribution in [-0.4, -0.2) is 4.98 Å². The van der Waals surface area contributed by atoms with Gasteiger partial charge in [0.1, 0.15) is 0 Å². The van der Waals surface area contributed by atoms with Crippen molar-refractivity contribution in [2.45, 2.75) is 0 Å². The largest absolute Gasteiger partial charge is 1.00 e. The van der Waals surface area contributed by atoms with Crippen LogP contribution in [0.15, 0.2) is 58.8 Å². The molecular formula is C13H9ClFNRuS. The number of hydrogen-bond acceptors (Lipinski definition) is 2. The van der Waals surface area contributed by atoms with E-state index in [1.54, 1.807) is 12.3 Å². The van der Waals surface area contributed by atoms with Gasteiger partial charge in [0.25, 0.3) is 0 Å². The minimum Gasteiger partial charge on any atom is -1.00 e. The molecule has 94 valence electrons. The second-order valence-corrected chi connectivity index (χ2v) is 4.44. The summed E-state index contributed by atoms with van der Waals surface area (Å²) in [5.41, 5.74) is 4.45. The standard InChI is InChI=1S/C13H7FNS.ClH.Ru.H2/c14-10-4-3-6-12-9(10)8-13(16-12)11-5-1-2-7-15-11;;;/h1-7H;1H;;1H/q;;+1;/p-1. The van der Waals surface area contributed by atoms with Crippen molar-refractivity contribution >= 4 is 16.7 Å². The third-order valence-electron chi connectivity index (χ3n) is 2.32. The Labute approximate surface area is 130 Å². The summed E-state index contributed by atoms with van der Waals surface area (Å²) in [4.78, 5) is 6.01. The van der Waals surface area contributed by atoms with Gasteiger partial charge in [0.2, 0.25) is 6.17 Å². The number of pyridine rings is 1. The van der Waals surface area contributed by atoms with E-state index in [9.17, 15) is 4.39 Å². The van der Waals surface area contributed by atoms with Crippen LogP contribution in [0.25, 0.3) is 4.91 Å². The number of aromatic nitrogens is 1. The molecule has 1 aromatic rings. The molecule has 0 bridgehead atoms. The number of thioether (sulfide) groups is 1. The summed E-state index contributed by atoms with van der Waals surface area (Å²) in [5, 5.41) is 0. The summed E-state index contributed by atoms with van der Waals surface area (Å²) in [6.07, 6.45) is 6.56. The molecule has 1 aliphatic carbocycles. The summed E-state index contributed by atoms with van der Waals surface area (Å²) in [5.74, 6) is 0. The van der Waals surface area contributed by atoms with Gasteiger partial charge in [-0.1, -0.05) is 29.6 Å². The summed E-state index contributed by atoms with van der Waals surface area (Å²) >= 11 is 1.51. The van der Waals surface area contributed by atoms with Crippen LogP contribution in [0.4, 0.5) is 4.39 Å². The summed E-state index contributed by atoms with van der Waals surface area (Å²) in [6, 6.07) is 5.67. The molecular weight excluding hydrogens is 358 g/mol. The van der Waals surface area contributed by atoms with E-state index in [4.69, 9.17) is 0 Å². The van der Waals surface area contributed by atoms with Gasteiger partial charge >= 0.3 is 19.5 Å². The van der Waals surface area contributed by atoms with Gasteiger partial charge in [-0.3, -0.25) is 4.98 Å². The fourth-order valence-corrected chi connectivity index (χ4v) is 2.57. The minimum atomic E-state index is -0.226. The maximum atomic E-state index is 13.5. The topological polar surface area (TPSA) is 12.9 Å². The van der Waals surface area contributed by atoms with Crippen molar-refractivity contribution in [1.29, 1.82) is 0 Å². The first-order chi connectivity index (χ1) is 7.84. The van der Waals surface area contributed by atoms with Crippen molar-refractivity contribution < 1.29 is 37.7 Å². The maximum Gasteiger partial charge on any atom is 1.00 e. The minimum absolute atomic E-state index is 0. The normalized spacial score (nSPS) is 16.8. The summed E-state index contributed by atoms with van der Waals surface area (Å²) in [6.45, 7) is 0. The molecule has 1 aliphatic heterocycles. The molecule has 0 aromatic carbocycles. The number of hydrogen-bond donors (Lipinski definition) is 0. The maximum absolute atomic E-state index is 13.5. The van der Waals surface area contributed by atoms with Gasteiger partial charge in [0, 0.05) is 12.5 Å². The molecule has 0 saturated heterocycles. The molecule has 0 atom stereocenters. The Balaban J connectivity index is 0.00000108. The van der Waals surface area contributed by atoms with E-state index in [2.05, 4.69) is 10.7 Å². The molecule has 0 spiro atoms. The van der Waals surface area contributed by atoms with Crippen molar-refractivity contribution in [3.63, 3.8) is 0 Å². The fourth-order valence-electron chi connectivity index (χ4n) is 1.57. The van der Waals surface area contributed by atoms with E-state index < -0.39 is 0 Å². The van der Waals surface area contributed by atoms with Crippen molar-refractivity contribution in [3.05, 3.63) is 70.7 Å². The first kappa shape index (κ1) is 15.4. The SMILES string of the molecule is F[C]1C=CC=C2SC(c3ccccn3)=C=C12.[Cl-].[HH].[Ru+]. The van der Waals surface area contributed by atoms with Gasteiger partial charge in [0.05, 0.1) is 16.2 Å². The van der Waals surface area contributed by atoms with E-state index in [0.29, 0.717) is 5.57 Å². The van der Waals surface area contributed by atoms with Crippen LogP contribution in [-0.2, 0) is 19.5 Å². The predicted molar refractivity (Wildman–Crippen MR) is 65.9 cm³/mol. The van der Waals surface area contributed by atoms with Crippen LogP contribution in [0.1, 0.15) is 7.12 Å². The Bertz CT molecular complexity index is 567. The molecule has 0 unspecified atom stereocenters. The summed E-state index contributed by atoms with van der Waals surface area (Å²) in [7, 11) is 0. The average molecular weight is 367 g/mol. The molecule has 5 heteroatoms. The van der Waals surface area contributed by atoms with E-state index in [0.717, 1.165) is 15.5 Å². The number of nitrogens with zero attached hydrogens (tertiary/aromatic N) is 1. The number of fused-ring (bicyclic) bond motifs is 1. The Morgan fingerprint density at radius 2 is 2.17 bits per heavy atom. The van der Waals surface area contributed by atoms with Gasteiger partial charge in [-0.2, -0.15) is 0 Å². The monoisotopic (exact) mass is 367 g/mol. The molecule has 0 fully saturated rings. The van der Waals surface area contributed by atoms with Gasteiger partial charge in [-0.25, -0.2) is 4.39 Å². The quantitative estimate of drug-likeness (QED) is 0.541. The number of allylic oxidation sites excluding steroid dienone is 4.